The van der Waals surface area contributed by atoms with Crippen molar-refractivity contribution in [1.82, 2.24) is 0 Å². The van der Waals surface area contributed by atoms with Gasteiger partial charge in [-0.3, -0.25) is 0 Å². The molecule has 0 fully saturated rings. The molecule has 0 saturated carbocycles. The third-order valence-electron chi connectivity index (χ3n) is 4.29. The summed E-state index contributed by atoms with van der Waals surface area (Å²) >= 11 is 0. The van der Waals surface area contributed by atoms with Crippen molar-refractivity contribution < 1.29 is 30.4 Å². The Balaban J connectivity index is 2.46. The third kappa shape index (κ3) is 5.51. The van der Waals surface area contributed by atoms with Crippen molar-refractivity contribution in [2.75, 3.05) is 19.1 Å². The van der Waals surface area contributed by atoms with Crippen molar-refractivity contribution >= 4 is 19.7 Å². The molecule has 0 saturated heterocycles. The van der Waals surface area contributed by atoms with Gasteiger partial charge < -0.3 is 4.74 Å². The molecule has 0 N–H and O–H groups in total. The second kappa shape index (κ2) is 9.00. The van der Waals surface area contributed by atoms with Gasteiger partial charge in [-0.15, -0.1) is 0 Å². The second-order valence-corrected chi connectivity index (χ2v) is 10.8. The predicted octanol–water partition coefficient (Wildman–Crippen LogP) is 3.70. The van der Waals surface area contributed by atoms with Gasteiger partial charge in [0.2, 0.25) is 0 Å². The van der Waals surface area contributed by atoms with Crippen molar-refractivity contribution in [2.24, 2.45) is 0 Å². The van der Waals surface area contributed by atoms with Crippen molar-refractivity contribution in [2.45, 2.75) is 29.4 Å². The Morgan fingerprint density at radius 3 is 2.32 bits per heavy atom. The number of hydrogen-bond donors (Lipinski definition) is 0. The Morgan fingerprint density at radius 2 is 1.68 bits per heavy atom. The fourth-order valence-electron chi connectivity index (χ4n) is 2.94. The van der Waals surface area contributed by atoms with Gasteiger partial charge in [-0.05, 0) is 43.2 Å². The van der Waals surface area contributed by atoms with Gasteiger partial charge in [-0.25, -0.2) is 25.6 Å². The Labute approximate surface area is 164 Å². The maximum absolute atomic E-state index is 14.4. The number of benzene rings is 2. The highest BCUT2D eigenvalue weighted by molar-refractivity contribution is 7.91. The molecular weight excluding hydrogens is 410 g/mol. The number of sulfone groups is 2. The zero-order valence-electron chi connectivity index (χ0n) is 15.6. The van der Waals surface area contributed by atoms with Crippen LogP contribution in [-0.2, 0) is 19.7 Å². The summed E-state index contributed by atoms with van der Waals surface area (Å²) in [5.74, 6) is -1.61. The standard InChI is InChI=1S/C19H22F2O5S2/c1-26-17-7-3-4-9-19(17)28(24,25)18(8-5-6-12-27(2,22)23)15-13-14(20)10-11-16(15)21/h3-4,7,9-11,13,18H,5-6,8,12H2,1-2H3. The summed E-state index contributed by atoms with van der Waals surface area (Å²) in [4.78, 5) is -0.130. The lowest BCUT2D eigenvalue weighted by Crippen LogP contribution is -2.17. The molecule has 1 unspecified atom stereocenters. The first-order chi connectivity index (χ1) is 13.1. The number of ether oxygens (including phenoxy) is 1. The van der Waals surface area contributed by atoms with Crippen LogP contribution in [0.25, 0.3) is 0 Å². The molecule has 2 rings (SSSR count). The summed E-state index contributed by atoms with van der Waals surface area (Å²) in [6.45, 7) is 0. The maximum Gasteiger partial charge on any atom is 0.189 e. The lowest BCUT2D eigenvalue weighted by atomic mass is 10.1. The van der Waals surface area contributed by atoms with Gasteiger partial charge in [0, 0.05) is 17.6 Å². The average Bonchev–Trinajstić information content (AvgIpc) is 2.63. The Hall–Kier alpha value is -2.00. The molecule has 28 heavy (non-hydrogen) atoms. The van der Waals surface area contributed by atoms with E-state index in [-0.39, 0.29) is 41.2 Å². The van der Waals surface area contributed by atoms with Crippen molar-refractivity contribution in [3.05, 3.63) is 59.7 Å². The molecule has 1 atom stereocenters. The molecule has 2 aromatic carbocycles. The van der Waals surface area contributed by atoms with E-state index in [1.807, 2.05) is 0 Å². The van der Waals surface area contributed by atoms with Crippen LogP contribution in [0.1, 0.15) is 30.1 Å². The van der Waals surface area contributed by atoms with Crippen LogP contribution in [0.4, 0.5) is 8.78 Å². The number of para-hydroxylation sites is 1. The van der Waals surface area contributed by atoms with Gasteiger partial charge in [0.25, 0.3) is 0 Å². The first kappa shape index (κ1) is 22.3. The minimum atomic E-state index is -4.13. The van der Waals surface area contributed by atoms with E-state index in [0.717, 1.165) is 24.5 Å². The smallest absolute Gasteiger partial charge is 0.189 e. The third-order valence-corrected chi connectivity index (χ3v) is 7.51. The lowest BCUT2D eigenvalue weighted by molar-refractivity contribution is 0.402. The largest absolute Gasteiger partial charge is 0.495 e. The molecule has 0 aliphatic heterocycles. The molecule has 0 bridgehead atoms. The normalized spacial score (nSPS) is 13.3. The Morgan fingerprint density at radius 1 is 1.00 bits per heavy atom. The van der Waals surface area contributed by atoms with E-state index >= 15 is 0 Å². The first-order valence-corrected chi connectivity index (χ1v) is 12.2. The fourth-order valence-corrected chi connectivity index (χ4v) is 5.67. The van der Waals surface area contributed by atoms with Gasteiger partial charge in [0.15, 0.2) is 9.84 Å². The molecule has 2 aromatic rings. The quantitative estimate of drug-likeness (QED) is 0.565. The molecule has 9 heteroatoms. The summed E-state index contributed by atoms with van der Waals surface area (Å²) in [7, 11) is -6.02. The van der Waals surface area contributed by atoms with Crippen LogP contribution in [0.15, 0.2) is 47.4 Å². The summed E-state index contributed by atoms with van der Waals surface area (Å²) in [5, 5.41) is -1.38. The maximum atomic E-state index is 14.4. The van der Waals surface area contributed by atoms with Crippen molar-refractivity contribution in [3.63, 3.8) is 0 Å². The lowest BCUT2D eigenvalue weighted by Gasteiger charge is -2.20. The minimum absolute atomic E-state index is 0.0593. The van der Waals surface area contributed by atoms with E-state index in [1.54, 1.807) is 6.07 Å². The van der Waals surface area contributed by atoms with Gasteiger partial charge in [0.1, 0.15) is 32.1 Å². The molecule has 0 spiro atoms. The van der Waals surface area contributed by atoms with Gasteiger partial charge >= 0.3 is 0 Å². The average molecular weight is 433 g/mol. The Kier molecular flexibility index (Phi) is 7.16. The molecule has 5 nitrogen and oxygen atoms in total. The number of hydrogen-bond acceptors (Lipinski definition) is 5. The SMILES string of the molecule is COc1ccccc1S(=O)(=O)C(CCCCS(C)(=O)=O)c1cc(F)ccc1F. The number of rotatable bonds is 9. The van der Waals surface area contributed by atoms with Gasteiger partial charge in [0.05, 0.1) is 12.4 Å². The predicted molar refractivity (Wildman–Crippen MR) is 103 cm³/mol. The van der Waals surface area contributed by atoms with Crippen molar-refractivity contribution in [3.8, 4) is 5.75 Å². The summed E-state index contributed by atoms with van der Waals surface area (Å²) in [5.41, 5.74) is -0.287. The van der Waals surface area contributed by atoms with E-state index in [0.29, 0.717) is 0 Å². The number of unbranched alkanes of at least 4 members (excludes halogenated alkanes) is 1. The van der Waals surface area contributed by atoms with Crippen LogP contribution in [0.3, 0.4) is 0 Å². The summed E-state index contributed by atoms with van der Waals surface area (Å²) in [6, 6.07) is 8.58. The van der Waals surface area contributed by atoms with E-state index < -0.39 is 36.6 Å². The highest BCUT2D eigenvalue weighted by Crippen LogP contribution is 2.38. The molecule has 154 valence electrons. The zero-order valence-corrected chi connectivity index (χ0v) is 17.2. The second-order valence-electron chi connectivity index (χ2n) is 6.48. The van der Waals surface area contributed by atoms with Crippen LogP contribution in [0, 0.1) is 11.6 Å². The first-order valence-electron chi connectivity index (χ1n) is 8.56. The number of halogens is 2. The molecule has 0 aliphatic carbocycles. The van der Waals surface area contributed by atoms with E-state index in [4.69, 9.17) is 4.74 Å². The van der Waals surface area contributed by atoms with Crippen LogP contribution >= 0.6 is 0 Å². The molecular formula is C19H22F2O5S2. The van der Waals surface area contributed by atoms with Gasteiger partial charge in [-0.1, -0.05) is 18.6 Å². The highest BCUT2D eigenvalue weighted by Gasteiger charge is 2.33. The molecule has 0 aromatic heterocycles. The van der Waals surface area contributed by atoms with E-state index in [9.17, 15) is 25.6 Å². The van der Waals surface area contributed by atoms with Crippen LogP contribution in [0.5, 0.6) is 5.75 Å². The summed E-state index contributed by atoms with van der Waals surface area (Å²) in [6.07, 6.45) is 1.45. The van der Waals surface area contributed by atoms with Crippen LogP contribution < -0.4 is 4.74 Å². The minimum Gasteiger partial charge on any atom is -0.495 e. The molecule has 0 aliphatic rings. The summed E-state index contributed by atoms with van der Waals surface area (Å²) < 4.78 is 82.4. The number of methoxy groups -OCH3 is 1. The molecule has 0 heterocycles. The van der Waals surface area contributed by atoms with Crippen molar-refractivity contribution in [1.29, 1.82) is 0 Å². The topological polar surface area (TPSA) is 77.5 Å². The highest BCUT2D eigenvalue weighted by atomic mass is 32.2. The van der Waals surface area contributed by atoms with Gasteiger partial charge in [-0.2, -0.15) is 0 Å². The Bertz CT molecular complexity index is 1030. The van der Waals surface area contributed by atoms with E-state index in [1.165, 1.54) is 25.3 Å². The molecule has 0 radical (unpaired) electrons. The zero-order chi connectivity index (χ0) is 20.9. The van der Waals surface area contributed by atoms with E-state index in [2.05, 4.69) is 0 Å². The monoisotopic (exact) mass is 432 g/mol. The van der Waals surface area contributed by atoms with Crippen LogP contribution in [-0.4, -0.2) is 36.0 Å². The van der Waals surface area contributed by atoms with Crippen LogP contribution in [0.2, 0.25) is 0 Å². The fraction of sp³-hybridized carbons (Fsp3) is 0.368. The molecule has 0 amide bonds.